The van der Waals surface area contributed by atoms with Gasteiger partial charge in [-0.05, 0) is 43.9 Å². The summed E-state index contributed by atoms with van der Waals surface area (Å²) in [5, 5.41) is 6.01. The van der Waals surface area contributed by atoms with Gasteiger partial charge in [-0.1, -0.05) is 59.4 Å². The number of carbonyl (C=O) groups is 2. The first-order valence-electron chi connectivity index (χ1n) is 11.6. The Kier molecular flexibility index (Phi) is 7.75. The quantitative estimate of drug-likeness (QED) is 0.352. The SMILES string of the molecule is C=CCCOC(=O)N1CCC(c2[nH+]c(C(=O)Nc3ccc(C)cc3-c3ccccc3)cs2)CC1. The van der Waals surface area contributed by atoms with Gasteiger partial charge in [-0.2, -0.15) is 4.98 Å². The number of carbonyl (C=O) groups excluding carboxylic acids is 2. The highest BCUT2D eigenvalue weighted by molar-refractivity contribution is 7.09. The summed E-state index contributed by atoms with van der Waals surface area (Å²) < 4.78 is 5.26. The first-order valence-corrected chi connectivity index (χ1v) is 12.4. The molecule has 0 bridgehead atoms. The number of rotatable bonds is 7. The van der Waals surface area contributed by atoms with Crippen molar-refractivity contribution in [3.8, 4) is 11.1 Å². The van der Waals surface area contributed by atoms with Crippen LogP contribution in [0, 0.1) is 6.92 Å². The van der Waals surface area contributed by atoms with Gasteiger partial charge in [0.1, 0.15) is 0 Å². The van der Waals surface area contributed by atoms with Crippen molar-refractivity contribution in [3.63, 3.8) is 0 Å². The summed E-state index contributed by atoms with van der Waals surface area (Å²) in [5.74, 6) is 0.134. The molecule has 1 saturated heterocycles. The predicted molar refractivity (Wildman–Crippen MR) is 135 cm³/mol. The number of H-pyrrole nitrogens is 1. The van der Waals surface area contributed by atoms with Crippen molar-refractivity contribution in [1.29, 1.82) is 0 Å². The number of aromatic nitrogens is 1. The number of anilines is 1. The molecule has 1 aliphatic rings. The highest BCUT2D eigenvalue weighted by atomic mass is 32.1. The highest BCUT2D eigenvalue weighted by Gasteiger charge is 2.30. The van der Waals surface area contributed by atoms with Crippen LogP contribution in [-0.2, 0) is 4.74 Å². The summed E-state index contributed by atoms with van der Waals surface area (Å²) in [7, 11) is 0. The van der Waals surface area contributed by atoms with E-state index in [9.17, 15) is 9.59 Å². The number of amides is 2. The molecule has 0 atom stereocenters. The van der Waals surface area contributed by atoms with E-state index in [0.29, 0.717) is 37.7 Å². The van der Waals surface area contributed by atoms with Crippen molar-refractivity contribution in [1.82, 2.24) is 4.90 Å². The molecule has 2 N–H and O–H groups in total. The van der Waals surface area contributed by atoms with Crippen LogP contribution in [0.5, 0.6) is 0 Å². The highest BCUT2D eigenvalue weighted by Crippen LogP contribution is 2.31. The molecular weight excluding hydrogens is 446 g/mol. The topological polar surface area (TPSA) is 72.8 Å². The van der Waals surface area contributed by atoms with Crippen LogP contribution in [0.3, 0.4) is 0 Å². The van der Waals surface area contributed by atoms with Crippen molar-refractivity contribution in [3.05, 3.63) is 82.8 Å². The number of nitrogens with zero attached hydrogens (tertiary/aromatic N) is 1. The number of nitrogens with one attached hydrogen (secondary N) is 2. The van der Waals surface area contributed by atoms with E-state index in [1.807, 2.05) is 54.8 Å². The van der Waals surface area contributed by atoms with Crippen LogP contribution in [0.25, 0.3) is 11.1 Å². The van der Waals surface area contributed by atoms with E-state index in [2.05, 4.69) is 22.9 Å². The van der Waals surface area contributed by atoms with E-state index in [1.165, 1.54) is 0 Å². The first kappa shape index (κ1) is 23.7. The lowest BCUT2D eigenvalue weighted by Gasteiger charge is -2.29. The fraction of sp³-hybridized carbons (Fsp3) is 0.296. The van der Waals surface area contributed by atoms with E-state index in [0.717, 1.165) is 40.2 Å². The molecule has 0 spiro atoms. The summed E-state index contributed by atoms with van der Waals surface area (Å²) in [6.45, 7) is 7.34. The van der Waals surface area contributed by atoms with Gasteiger partial charge in [0.15, 0.2) is 0 Å². The zero-order valence-corrected chi connectivity index (χ0v) is 20.2. The Hall–Kier alpha value is -3.45. The van der Waals surface area contributed by atoms with Gasteiger partial charge in [0, 0.05) is 24.3 Å². The fourth-order valence-electron chi connectivity index (χ4n) is 4.08. The molecule has 0 aliphatic carbocycles. The Labute approximate surface area is 204 Å². The number of piperidine rings is 1. The molecule has 3 aromatic rings. The van der Waals surface area contributed by atoms with Crippen LogP contribution in [0.2, 0.25) is 0 Å². The minimum absolute atomic E-state index is 0.160. The van der Waals surface area contributed by atoms with E-state index >= 15 is 0 Å². The van der Waals surface area contributed by atoms with Crippen molar-refractivity contribution >= 4 is 29.0 Å². The maximum absolute atomic E-state index is 13.0. The second kappa shape index (κ2) is 11.1. The average molecular weight is 477 g/mol. The van der Waals surface area contributed by atoms with Gasteiger partial charge in [-0.15, -0.1) is 6.58 Å². The lowest BCUT2D eigenvalue weighted by Crippen LogP contribution is -2.39. The van der Waals surface area contributed by atoms with Crippen LogP contribution in [-0.4, -0.2) is 36.6 Å². The first-order chi connectivity index (χ1) is 16.5. The summed E-state index contributed by atoms with van der Waals surface area (Å²) in [5.41, 5.74) is 4.53. The van der Waals surface area contributed by atoms with Gasteiger partial charge < -0.3 is 15.0 Å². The fourth-order valence-corrected chi connectivity index (χ4v) is 5.09. The Bertz CT molecular complexity index is 1150. The number of aryl methyl sites for hydroxylation is 1. The minimum atomic E-state index is -0.261. The minimum Gasteiger partial charge on any atom is -0.449 e. The smallest absolute Gasteiger partial charge is 0.409 e. The Morgan fingerprint density at radius 1 is 1.21 bits per heavy atom. The number of likely N-dealkylation sites (tertiary alicyclic amines) is 1. The molecule has 0 unspecified atom stereocenters. The summed E-state index contributed by atoms with van der Waals surface area (Å²) >= 11 is 1.56. The van der Waals surface area contributed by atoms with Gasteiger partial charge in [0.2, 0.25) is 5.01 Å². The van der Waals surface area contributed by atoms with Crippen molar-refractivity contribution in [2.45, 2.75) is 32.1 Å². The molecule has 0 radical (unpaired) electrons. The monoisotopic (exact) mass is 476 g/mol. The van der Waals surface area contributed by atoms with Gasteiger partial charge >= 0.3 is 12.0 Å². The third kappa shape index (κ3) is 5.72. The van der Waals surface area contributed by atoms with Crippen LogP contribution in [0.4, 0.5) is 10.5 Å². The molecule has 2 heterocycles. The van der Waals surface area contributed by atoms with Crippen molar-refractivity contribution in [2.75, 3.05) is 25.0 Å². The number of hydrogen-bond acceptors (Lipinski definition) is 4. The van der Waals surface area contributed by atoms with Crippen molar-refractivity contribution < 1.29 is 19.3 Å². The van der Waals surface area contributed by atoms with Gasteiger partial charge in [0.25, 0.3) is 5.69 Å². The molecule has 1 aliphatic heterocycles. The molecule has 176 valence electrons. The summed E-state index contributed by atoms with van der Waals surface area (Å²) in [6.07, 6.45) is 3.81. The number of hydrogen-bond donors (Lipinski definition) is 1. The Morgan fingerprint density at radius 3 is 2.71 bits per heavy atom. The zero-order valence-electron chi connectivity index (χ0n) is 19.4. The summed E-state index contributed by atoms with van der Waals surface area (Å²) in [6, 6.07) is 16.1. The largest absolute Gasteiger partial charge is 0.449 e. The van der Waals surface area contributed by atoms with Crippen LogP contribution >= 0.6 is 11.3 Å². The number of ether oxygens (including phenoxy) is 1. The van der Waals surface area contributed by atoms with Gasteiger partial charge in [-0.3, -0.25) is 4.79 Å². The molecule has 7 heteroatoms. The normalized spacial score (nSPS) is 14.0. The maximum Gasteiger partial charge on any atom is 0.409 e. The third-order valence-corrected chi connectivity index (χ3v) is 7.03. The third-order valence-electron chi connectivity index (χ3n) is 5.99. The lowest BCUT2D eigenvalue weighted by atomic mass is 9.98. The van der Waals surface area contributed by atoms with Gasteiger partial charge in [-0.25, -0.2) is 4.79 Å². The second-order valence-corrected chi connectivity index (χ2v) is 9.37. The Morgan fingerprint density at radius 2 is 1.97 bits per heavy atom. The second-order valence-electron chi connectivity index (χ2n) is 8.46. The standard InChI is InChI=1S/C27H29N3O3S/c1-3-4-16-33-27(32)30-14-12-21(13-15-30)26-29-24(18-34-26)25(31)28-23-11-10-19(2)17-22(23)20-8-6-5-7-9-20/h3,5-11,17-18,21H,1,4,12-16H2,2H3,(H,28,31)/p+1. The predicted octanol–water partition coefficient (Wildman–Crippen LogP) is 5.68. The van der Waals surface area contributed by atoms with Crippen LogP contribution in [0.1, 0.15) is 46.2 Å². The molecule has 1 aromatic heterocycles. The van der Waals surface area contributed by atoms with E-state index in [4.69, 9.17) is 4.74 Å². The summed E-state index contributed by atoms with van der Waals surface area (Å²) in [4.78, 5) is 30.3. The van der Waals surface area contributed by atoms with Crippen LogP contribution in [0.15, 0.2) is 66.6 Å². The molecule has 2 amide bonds. The molecule has 0 saturated carbocycles. The van der Waals surface area contributed by atoms with E-state index in [-0.39, 0.29) is 12.0 Å². The molecule has 4 rings (SSSR count). The number of thiazole rings is 1. The average Bonchev–Trinajstić information content (AvgIpc) is 3.36. The van der Waals surface area contributed by atoms with E-state index < -0.39 is 0 Å². The maximum atomic E-state index is 13.0. The zero-order chi connectivity index (χ0) is 23.9. The number of benzene rings is 2. The van der Waals surface area contributed by atoms with Gasteiger partial charge in [0.05, 0.1) is 17.9 Å². The molecule has 1 fully saturated rings. The number of aromatic amines is 1. The van der Waals surface area contributed by atoms with Crippen LogP contribution < -0.4 is 10.3 Å². The van der Waals surface area contributed by atoms with E-state index in [1.54, 1.807) is 22.3 Å². The molecule has 2 aromatic carbocycles. The lowest BCUT2D eigenvalue weighted by molar-refractivity contribution is -0.389. The molecule has 34 heavy (non-hydrogen) atoms. The Balaban J connectivity index is 1.39. The molecule has 6 nitrogen and oxygen atoms in total. The van der Waals surface area contributed by atoms with Crippen molar-refractivity contribution in [2.24, 2.45) is 0 Å². The molecular formula is C27H30N3O3S+.